The maximum absolute atomic E-state index is 6.29. The van der Waals surface area contributed by atoms with Crippen LogP contribution in [0.5, 0.6) is 0 Å². The van der Waals surface area contributed by atoms with Crippen molar-refractivity contribution in [3.05, 3.63) is 90.0 Å². The van der Waals surface area contributed by atoms with E-state index in [1.165, 1.54) is 0 Å². The number of aromatic nitrogens is 2. The van der Waals surface area contributed by atoms with Crippen LogP contribution in [0.4, 0.5) is 5.88 Å². The number of fused-ring (bicyclic) bond motifs is 1. The van der Waals surface area contributed by atoms with Crippen molar-refractivity contribution in [1.29, 1.82) is 0 Å². The van der Waals surface area contributed by atoms with Gasteiger partial charge in [0.05, 0.1) is 10.2 Å². The van der Waals surface area contributed by atoms with Crippen molar-refractivity contribution in [3.8, 4) is 22.2 Å². The molecule has 0 unspecified atom stereocenters. The summed E-state index contributed by atoms with van der Waals surface area (Å²) in [7, 11) is 0. The summed E-state index contributed by atoms with van der Waals surface area (Å²) >= 11 is 1.55. The van der Waals surface area contributed by atoms with E-state index in [0.29, 0.717) is 23.3 Å². The number of nitrogens with two attached hydrogens (primary N) is 1. The van der Waals surface area contributed by atoms with Crippen molar-refractivity contribution in [1.82, 2.24) is 9.97 Å². The summed E-state index contributed by atoms with van der Waals surface area (Å²) in [6.45, 7) is 2.03. The monoisotopic (exact) mass is 410 g/mol. The van der Waals surface area contributed by atoms with Crippen LogP contribution in [0.1, 0.15) is 11.1 Å². The van der Waals surface area contributed by atoms with E-state index in [1.54, 1.807) is 11.3 Å². The molecule has 2 heterocycles. The second kappa shape index (κ2) is 7.57. The molecule has 0 radical (unpaired) electrons. The van der Waals surface area contributed by atoms with Gasteiger partial charge in [-0.1, -0.05) is 60.2 Å². The van der Waals surface area contributed by atoms with Gasteiger partial charge < -0.3 is 10.2 Å². The van der Waals surface area contributed by atoms with E-state index in [9.17, 15) is 0 Å². The van der Waals surface area contributed by atoms with Crippen LogP contribution in [0, 0.1) is 6.92 Å². The van der Waals surface area contributed by atoms with Gasteiger partial charge in [-0.05, 0) is 31.2 Å². The van der Waals surface area contributed by atoms with E-state index in [2.05, 4.69) is 4.99 Å². The molecule has 6 heteroatoms. The lowest BCUT2D eigenvalue weighted by molar-refractivity contribution is 0.584. The molecule has 0 fully saturated rings. The summed E-state index contributed by atoms with van der Waals surface area (Å²) in [5, 5.41) is 0.748. The van der Waals surface area contributed by atoms with Gasteiger partial charge >= 0.3 is 0 Å². The van der Waals surface area contributed by atoms with Crippen molar-refractivity contribution in [3.63, 3.8) is 0 Å². The quantitative estimate of drug-likeness (QED) is 0.293. The number of rotatable bonds is 4. The fourth-order valence-corrected chi connectivity index (χ4v) is 4.05. The minimum atomic E-state index is 0.353. The van der Waals surface area contributed by atoms with Gasteiger partial charge in [0.15, 0.2) is 5.69 Å². The number of oxazole rings is 1. The van der Waals surface area contributed by atoms with Gasteiger partial charge in [0.25, 0.3) is 5.88 Å². The van der Waals surface area contributed by atoms with Crippen LogP contribution in [0.2, 0.25) is 0 Å². The highest BCUT2D eigenvalue weighted by Gasteiger charge is 2.20. The normalized spacial score (nSPS) is 11.8. The second-order valence-electron chi connectivity index (χ2n) is 6.89. The van der Waals surface area contributed by atoms with Gasteiger partial charge in [0.1, 0.15) is 10.8 Å². The minimum absolute atomic E-state index is 0.353. The second-order valence-corrected chi connectivity index (χ2v) is 7.92. The number of aryl methyl sites for hydroxylation is 1. The lowest BCUT2D eigenvalue weighted by Gasteiger charge is -2.01. The number of hydrogen-bond acceptors (Lipinski definition) is 5. The van der Waals surface area contributed by atoms with Gasteiger partial charge in [-0.25, -0.2) is 9.97 Å². The number of benzene rings is 3. The summed E-state index contributed by atoms with van der Waals surface area (Å²) in [6, 6.07) is 25.6. The number of nitrogens with zero attached hydrogens (tertiary/aromatic N) is 3. The molecular formula is C24H18N4OS. The molecule has 0 aliphatic rings. The SMILES string of the molecule is Cc1ccc(/C(N)=N/c2oc(-c3ccccc3)nc2-c2nc3ccccc3s2)cc1. The van der Waals surface area contributed by atoms with Crippen molar-refractivity contribution in [2.24, 2.45) is 10.7 Å². The van der Waals surface area contributed by atoms with E-state index in [4.69, 9.17) is 20.1 Å². The summed E-state index contributed by atoms with van der Waals surface area (Å²) < 4.78 is 7.14. The average Bonchev–Trinajstić information content (AvgIpc) is 3.39. The Balaban J connectivity index is 1.65. The van der Waals surface area contributed by atoms with Crippen LogP contribution < -0.4 is 5.73 Å². The maximum atomic E-state index is 6.29. The largest absolute Gasteiger partial charge is 0.417 e. The Kier molecular flexibility index (Phi) is 4.61. The van der Waals surface area contributed by atoms with Crippen LogP contribution in [-0.2, 0) is 0 Å². The number of aliphatic imine (C=N–C) groups is 1. The van der Waals surface area contributed by atoms with E-state index in [0.717, 1.165) is 31.9 Å². The minimum Gasteiger partial charge on any atom is -0.417 e. The molecule has 2 N–H and O–H groups in total. The smallest absolute Gasteiger partial charge is 0.252 e. The molecule has 0 spiro atoms. The molecule has 5 aromatic rings. The molecular weight excluding hydrogens is 392 g/mol. The molecule has 0 bridgehead atoms. The lowest BCUT2D eigenvalue weighted by Crippen LogP contribution is -2.12. The summed E-state index contributed by atoms with van der Waals surface area (Å²) in [4.78, 5) is 14.0. The molecule has 5 rings (SSSR count). The Morgan fingerprint density at radius 1 is 0.900 bits per heavy atom. The van der Waals surface area contributed by atoms with Crippen LogP contribution in [0.25, 0.3) is 32.4 Å². The third-order valence-electron chi connectivity index (χ3n) is 4.70. The van der Waals surface area contributed by atoms with Gasteiger partial charge in [0.2, 0.25) is 5.89 Å². The Morgan fingerprint density at radius 2 is 1.63 bits per heavy atom. The standard InChI is InChI=1S/C24H18N4OS/c1-15-11-13-16(14-12-15)21(25)28-23-20(24-26-18-9-5-6-10-19(18)30-24)27-22(29-23)17-7-3-2-4-8-17/h2-14H,1H3,(H2,25,28). The molecule has 5 nitrogen and oxygen atoms in total. The fraction of sp³-hybridized carbons (Fsp3) is 0.0417. The first-order valence-corrected chi connectivity index (χ1v) is 10.3. The molecule has 3 aromatic carbocycles. The highest BCUT2D eigenvalue weighted by molar-refractivity contribution is 7.21. The first kappa shape index (κ1) is 18.3. The molecule has 0 saturated heterocycles. The van der Waals surface area contributed by atoms with E-state index in [1.807, 2.05) is 85.8 Å². The predicted octanol–water partition coefficient (Wildman–Crippen LogP) is 5.96. The molecule has 0 atom stereocenters. The van der Waals surface area contributed by atoms with Crippen LogP contribution >= 0.6 is 11.3 Å². The van der Waals surface area contributed by atoms with Gasteiger partial charge in [-0.3, -0.25) is 0 Å². The third-order valence-corrected chi connectivity index (χ3v) is 5.74. The highest BCUT2D eigenvalue weighted by atomic mass is 32.1. The number of hydrogen-bond donors (Lipinski definition) is 1. The average molecular weight is 411 g/mol. The molecule has 2 aromatic heterocycles. The number of para-hydroxylation sites is 1. The molecule has 0 aliphatic heterocycles. The van der Waals surface area contributed by atoms with Gasteiger partial charge in [0, 0.05) is 11.1 Å². The summed E-state index contributed by atoms with van der Waals surface area (Å²) in [6.07, 6.45) is 0. The van der Waals surface area contributed by atoms with Gasteiger partial charge in [-0.2, -0.15) is 4.99 Å². The predicted molar refractivity (Wildman–Crippen MR) is 122 cm³/mol. The number of amidine groups is 1. The van der Waals surface area contributed by atoms with Gasteiger partial charge in [-0.15, -0.1) is 11.3 Å². The Labute approximate surface area is 177 Å². The zero-order valence-electron chi connectivity index (χ0n) is 16.2. The highest BCUT2D eigenvalue weighted by Crippen LogP contribution is 2.38. The Morgan fingerprint density at radius 3 is 2.40 bits per heavy atom. The van der Waals surface area contributed by atoms with Crippen LogP contribution in [0.3, 0.4) is 0 Å². The van der Waals surface area contributed by atoms with Crippen LogP contribution in [-0.4, -0.2) is 15.8 Å². The maximum Gasteiger partial charge on any atom is 0.252 e. The van der Waals surface area contributed by atoms with E-state index in [-0.39, 0.29) is 0 Å². The van der Waals surface area contributed by atoms with Crippen molar-refractivity contribution in [2.75, 3.05) is 0 Å². The van der Waals surface area contributed by atoms with Crippen LogP contribution in [0.15, 0.2) is 88.3 Å². The zero-order valence-corrected chi connectivity index (χ0v) is 17.1. The topological polar surface area (TPSA) is 77.3 Å². The van der Waals surface area contributed by atoms with E-state index < -0.39 is 0 Å². The number of thiazole rings is 1. The summed E-state index contributed by atoms with van der Waals surface area (Å²) in [5.41, 5.74) is 10.7. The molecule has 30 heavy (non-hydrogen) atoms. The fourth-order valence-electron chi connectivity index (χ4n) is 3.10. The zero-order chi connectivity index (χ0) is 20.5. The molecule has 146 valence electrons. The lowest BCUT2D eigenvalue weighted by atomic mass is 10.1. The first-order valence-electron chi connectivity index (χ1n) is 9.51. The molecule has 0 amide bonds. The first-order chi connectivity index (χ1) is 14.7. The van der Waals surface area contributed by atoms with Crippen molar-refractivity contribution in [2.45, 2.75) is 6.92 Å². The van der Waals surface area contributed by atoms with E-state index >= 15 is 0 Å². The Bertz CT molecular complexity index is 1320. The van der Waals surface area contributed by atoms with Crippen molar-refractivity contribution < 1.29 is 4.42 Å². The third kappa shape index (κ3) is 3.49. The Hall–Kier alpha value is -3.77. The van der Waals surface area contributed by atoms with Crippen molar-refractivity contribution >= 4 is 33.3 Å². The molecule has 0 saturated carbocycles. The molecule has 0 aliphatic carbocycles. The summed E-state index contributed by atoms with van der Waals surface area (Å²) in [5.74, 6) is 1.21.